The highest BCUT2D eigenvalue weighted by Crippen LogP contribution is 2.34. The Hall–Kier alpha value is -3.02. The molecular formula is C23H26N6O2. The number of nitrogens with zero attached hydrogens (tertiary/aromatic N) is 5. The molecule has 8 nitrogen and oxygen atoms in total. The standard InChI is InChI=1S/C23H26N6O2/c24-13-16-3-6-25-20(10-16)26-21-11-18(12-22(27-21)29-7-1-2-23(29)30)17-4-8-28(9-5-17)19-14-31-15-19/h3,6,10-12,17,19H,1-2,4-5,7-9,14-15H2,(H,25,26,27). The fourth-order valence-corrected chi connectivity index (χ4v) is 4.60. The van der Waals surface area contributed by atoms with E-state index in [4.69, 9.17) is 15.0 Å². The number of hydrogen-bond acceptors (Lipinski definition) is 7. The lowest BCUT2D eigenvalue weighted by Gasteiger charge is -2.41. The number of hydrogen-bond donors (Lipinski definition) is 1. The van der Waals surface area contributed by atoms with E-state index < -0.39 is 0 Å². The van der Waals surface area contributed by atoms with Crippen LogP contribution in [0.2, 0.25) is 0 Å². The Labute approximate surface area is 181 Å². The molecule has 1 N–H and O–H groups in total. The van der Waals surface area contributed by atoms with Crippen LogP contribution in [0.25, 0.3) is 0 Å². The number of anilines is 3. The summed E-state index contributed by atoms with van der Waals surface area (Å²) in [6, 6.07) is 10.2. The largest absolute Gasteiger partial charge is 0.378 e. The van der Waals surface area contributed by atoms with Crippen molar-refractivity contribution in [3.8, 4) is 6.07 Å². The van der Waals surface area contributed by atoms with Gasteiger partial charge in [0.2, 0.25) is 5.91 Å². The fraction of sp³-hybridized carbons (Fsp3) is 0.478. The van der Waals surface area contributed by atoms with E-state index in [1.807, 2.05) is 0 Å². The number of rotatable bonds is 5. The van der Waals surface area contributed by atoms with Gasteiger partial charge in [-0.3, -0.25) is 14.6 Å². The zero-order chi connectivity index (χ0) is 21.2. The second-order valence-corrected chi connectivity index (χ2v) is 8.46. The van der Waals surface area contributed by atoms with Gasteiger partial charge in [-0.2, -0.15) is 5.26 Å². The van der Waals surface area contributed by atoms with E-state index in [9.17, 15) is 4.79 Å². The summed E-state index contributed by atoms with van der Waals surface area (Å²) in [5.41, 5.74) is 1.74. The van der Waals surface area contributed by atoms with Crippen LogP contribution in [0.15, 0.2) is 30.5 Å². The summed E-state index contributed by atoms with van der Waals surface area (Å²) >= 11 is 0. The summed E-state index contributed by atoms with van der Waals surface area (Å²) < 4.78 is 5.35. The highest BCUT2D eigenvalue weighted by Gasteiger charge is 2.31. The number of nitrogens with one attached hydrogen (secondary N) is 1. The average Bonchev–Trinajstić information content (AvgIpc) is 3.19. The van der Waals surface area contributed by atoms with Gasteiger partial charge >= 0.3 is 0 Å². The molecular weight excluding hydrogens is 392 g/mol. The molecule has 0 radical (unpaired) electrons. The zero-order valence-electron chi connectivity index (χ0n) is 17.5. The Kier molecular flexibility index (Phi) is 5.53. The van der Waals surface area contributed by atoms with Crippen molar-refractivity contribution in [1.29, 1.82) is 5.26 Å². The molecule has 2 aromatic rings. The number of ether oxygens (including phenoxy) is 1. The number of aromatic nitrogens is 2. The van der Waals surface area contributed by atoms with Gasteiger partial charge in [-0.25, -0.2) is 9.97 Å². The first-order valence-corrected chi connectivity index (χ1v) is 11.0. The minimum atomic E-state index is 0.125. The molecule has 0 aromatic carbocycles. The van der Waals surface area contributed by atoms with Crippen LogP contribution in [-0.4, -0.2) is 59.7 Å². The first-order chi connectivity index (χ1) is 15.2. The molecule has 5 rings (SSSR count). The third-order valence-corrected chi connectivity index (χ3v) is 6.47. The van der Waals surface area contributed by atoms with Crippen molar-refractivity contribution >= 4 is 23.4 Å². The first-order valence-electron chi connectivity index (χ1n) is 11.0. The minimum Gasteiger partial charge on any atom is -0.378 e. The summed E-state index contributed by atoms with van der Waals surface area (Å²) in [6.45, 7) is 4.53. The summed E-state index contributed by atoms with van der Waals surface area (Å²) in [5.74, 6) is 2.48. The second kappa shape index (κ2) is 8.61. The van der Waals surface area contributed by atoms with Crippen LogP contribution in [0.5, 0.6) is 0 Å². The molecule has 2 aromatic heterocycles. The lowest BCUT2D eigenvalue weighted by atomic mass is 9.89. The highest BCUT2D eigenvalue weighted by atomic mass is 16.5. The second-order valence-electron chi connectivity index (χ2n) is 8.46. The number of carbonyl (C=O) groups excluding carboxylic acids is 1. The maximum atomic E-state index is 12.4. The number of piperidine rings is 1. The number of pyridine rings is 2. The van der Waals surface area contributed by atoms with Gasteiger partial charge < -0.3 is 10.1 Å². The van der Waals surface area contributed by atoms with Gasteiger partial charge in [-0.15, -0.1) is 0 Å². The van der Waals surface area contributed by atoms with E-state index in [2.05, 4.69) is 33.4 Å². The Morgan fingerprint density at radius 1 is 1.13 bits per heavy atom. The van der Waals surface area contributed by atoms with Crippen molar-refractivity contribution in [2.24, 2.45) is 0 Å². The molecule has 160 valence electrons. The fourth-order valence-electron chi connectivity index (χ4n) is 4.60. The molecule has 0 bridgehead atoms. The van der Waals surface area contributed by atoms with Crippen molar-refractivity contribution in [3.63, 3.8) is 0 Å². The molecule has 0 unspecified atom stereocenters. The van der Waals surface area contributed by atoms with Crippen LogP contribution < -0.4 is 10.2 Å². The summed E-state index contributed by atoms with van der Waals surface area (Å²) in [6.07, 6.45) is 5.20. The quantitative estimate of drug-likeness (QED) is 0.798. The molecule has 0 atom stereocenters. The van der Waals surface area contributed by atoms with Gasteiger partial charge in [0.1, 0.15) is 17.5 Å². The van der Waals surface area contributed by atoms with Crippen LogP contribution in [-0.2, 0) is 9.53 Å². The van der Waals surface area contributed by atoms with Gasteiger partial charge in [0.15, 0.2) is 0 Å². The highest BCUT2D eigenvalue weighted by molar-refractivity contribution is 5.94. The van der Waals surface area contributed by atoms with E-state index >= 15 is 0 Å². The summed E-state index contributed by atoms with van der Waals surface area (Å²) in [7, 11) is 0. The Balaban J connectivity index is 1.40. The van der Waals surface area contributed by atoms with E-state index in [1.165, 1.54) is 5.56 Å². The van der Waals surface area contributed by atoms with Gasteiger partial charge in [-0.1, -0.05) is 0 Å². The third kappa shape index (κ3) is 4.24. The number of amides is 1. The molecule has 3 saturated heterocycles. The predicted octanol–water partition coefficient (Wildman–Crippen LogP) is 2.80. The van der Waals surface area contributed by atoms with Crippen LogP contribution in [0, 0.1) is 11.3 Å². The maximum Gasteiger partial charge on any atom is 0.228 e. The van der Waals surface area contributed by atoms with E-state index in [-0.39, 0.29) is 5.91 Å². The van der Waals surface area contributed by atoms with Crippen molar-refractivity contribution < 1.29 is 9.53 Å². The van der Waals surface area contributed by atoms with Gasteiger partial charge in [-0.05, 0) is 68.1 Å². The van der Waals surface area contributed by atoms with Crippen molar-refractivity contribution in [3.05, 3.63) is 41.6 Å². The zero-order valence-corrected chi connectivity index (χ0v) is 17.5. The third-order valence-electron chi connectivity index (χ3n) is 6.47. The Morgan fingerprint density at radius 3 is 2.65 bits per heavy atom. The molecule has 5 heterocycles. The predicted molar refractivity (Wildman–Crippen MR) is 116 cm³/mol. The van der Waals surface area contributed by atoms with Crippen LogP contribution >= 0.6 is 0 Å². The monoisotopic (exact) mass is 418 g/mol. The normalized spacial score (nSPS) is 20.5. The van der Waals surface area contributed by atoms with Crippen LogP contribution in [0.1, 0.15) is 42.7 Å². The summed E-state index contributed by atoms with van der Waals surface area (Å²) in [4.78, 5) is 25.7. The van der Waals surface area contributed by atoms with Crippen molar-refractivity contribution in [2.75, 3.05) is 43.1 Å². The SMILES string of the molecule is N#Cc1ccnc(Nc2cc(C3CCN(C4COC4)CC3)cc(N3CCCC3=O)n2)c1. The average molecular weight is 419 g/mol. The minimum absolute atomic E-state index is 0.125. The molecule has 0 spiro atoms. The van der Waals surface area contributed by atoms with Gasteiger partial charge in [0, 0.05) is 19.2 Å². The molecule has 8 heteroatoms. The van der Waals surface area contributed by atoms with Gasteiger partial charge in [0.05, 0.1) is 30.9 Å². The maximum absolute atomic E-state index is 12.4. The molecule has 3 aliphatic rings. The number of carbonyl (C=O) groups is 1. The van der Waals surface area contributed by atoms with E-state index in [1.54, 1.807) is 23.2 Å². The lowest BCUT2D eigenvalue weighted by Crippen LogP contribution is -2.51. The van der Waals surface area contributed by atoms with Crippen molar-refractivity contribution in [2.45, 2.75) is 37.6 Å². The summed E-state index contributed by atoms with van der Waals surface area (Å²) in [5, 5.41) is 12.4. The molecule has 1 amide bonds. The molecule has 3 fully saturated rings. The van der Waals surface area contributed by atoms with E-state index in [0.717, 1.165) is 45.6 Å². The van der Waals surface area contributed by atoms with E-state index in [0.29, 0.717) is 47.9 Å². The molecule has 0 saturated carbocycles. The van der Waals surface area contributed by atoms with Crippen molar-refractivity contribution in [1.82, 2.24) is 14.9 Å². The number of nitriles is 1. The smallest absolute Gasteiger partial charge is 0.228 e. The van der Waals surface area contributed by atoms with Crippen LogP contribution in [0.4, 0.5) is 17.5 Å². The first kappa shape index (κ1) is 19.9. The number of likely N-dealkylation sites (tertiary alicyclic amines) is 1. The molecule has 31 heavy (non-hydrogen) atoms. The lowest BCUT2D eigenvalue weighted by molar-refractivity contribution is -0.117. The topological polar surface area (TPSA) is 94.4 Å². The van der Waals surface area contributed by atoms with Gasteiger partial charge in [0.25, 0.3) is 0 Å². The molecule has 0 aliphatic carbocycles. The molecule has 3 aliphatic heterocycles. The van der Waals surface area contributed by atoms with Crippen LogP contribution in [0.3, 0.4) is 0 Å². The Bertz CT molecular complexity index is 1010. The Morgan fingerprint density at radius 2 is 1.97 bits per heavy atom.